The highest BCUT2D eigenvalue weighted by Gasteiger charge is 2.16. The van der Waals surface area contributed by atoms with Crippen LogP contribution in [0.3, 0.4) is 0 Å². The predicted molar refractivity (Wildman–Crippen MR) is 80.4 cm³/mol. The summed E-state index contributed by atoms with van der Waals surface area (Å²) in [5.74, 6) is 1.09. The average Bonchev–Trinajstić information content (AvgIpc) is 3.00. The Morgan fingerprint density at radius 3 is 2.67 bits per heavy atom. The zero-order chi connectivity index (χ0) is 14.7. The van der Waals surface area contributed by atoms with Crippen molar-refractivity contribution in [3.05, 3.63) is 29.1 Å². The Balaban J connectivity index is 1.71. The minimum Gasteiger partial charge on any atom is -0.348 e. The lowest BCUT2D eigenvalue weighted by Gasteiger charge is -2.15. The van der Waals surface area contributed by atoms with E-state index in [1.807, 2.05) is 6.92 Å². The predicted octanol–water partition coefficient (Wildman–Crippen LogP) is 1.84. The number of nitrogens with one attached hydrogen (secondary N) is 1. The van der Waals surface area contributed by atoms with Crippen LogP contribution in [0.2, 0.25) is 5.28 Å². The minimum atomic E-state index is 0.199. The number of hydrogen-bond acceptors (Lipinski definition) is 7. The molecule has 21 heavy (non-hydrogen) atoms. The van der Waals surface area contributed by atoms with Gasteiger partial charge in [0.1, 0.15) is 0 Å². The van der Waals surface area contributed by atoms with Crippen LogP contribution < -0.4 is 10.2 Å². The van der Waals surface area contributed by atoms with Crippen molar-refractivity contribution in [3.8, 4) is 0 Å². The third-order valence-electron chi connectivity index (χ3n) is 3.25. The molecule has 1 saturated heterocycles. The zero-order valence-electron chi connectivity index (χ0n) is 11.8. The topological polar surface area (TPSA) is 79.7 Å². The van der Waals surface area contributed by atoms with E-state index >= 15 is 0 Å². The maximum absolute atomic E-state index is 5.97. The van der Waals surface area contributed by atoms with Gasteiger partial charge in [0.15, 0.2) is 0 Å². The number of hydrogen-bond donors (Lipinski definition) is 1. The first kappa shape index (κ1) is 13.9. The Morgan fingerprint density at radius 2 is 1.95 bits per heavy atom. The number of halogens is 1. The van der Waals surface area contributed by atoms with Gasteiger partial charge in [-0.25, -0.2) is 0 Å². The highest BCUT2D eigenvalue weighted by molar-refractivity contribution is 6.28. The number of nitrogens with zero attached hydrogens (tertiary/aromatic N) is 6. The number of anilines is 2. The van der Waals surface area contributed by atoms with Crippen LogP contribution in [0.4, 0.5) is 11.9 Å². The second-order valence-corrected chi connectivity index (χ2v) is 5.26. The van der Waals surface area contributed by atoms with Gasteiger partial charge in [-0.2, -0.15) is 15.0 Å². The van der Waals surface area contributed by atoms with Crippen LogP contribution in [0.1, 0.15) is 24.2 Å². The Bertz CT molecular complexity index is 610. The van der Waals surface area contributed by atoms with Gasteiger partial charge in [-0.15, -0.1) is 0 Å². The van der Waals surface area contributed by atoms with E-state index in [1.54, 1.807) is 12.4 Å². The van der Waals surface area contributed by atoms with Gasteiger partial charge >= 0.3 is 0 Å². The molecule has 0 amide bonds. The molecule has 2 aromatic heterocycles. The van der Waals surface area contributed by atoms with Gasteiger partial charge in [0.2, 0.25) is 17.2 Å². The molecule has 7 nitrogen and oxygen atoms in total. The van der Waals surface area contributed by atoms with Crippen LogP contribution in [0.5, 0.6) is 0 Å². The van der Waals surface area contributed by atoms with E-state index in [0.29, 0.717) is 18.4 Å². The van der Waals surface area contributed by atoms with Crippen LogP contribution >= 0.6 is 11.6 Å². The molecular weight excluding hydrogens is 290 g/mol. The van der Waals surface area contributed by atoms with Crippen molar-refractivity contribution >= 4 is 23.5 Å². The van der Waals surface area contributed by atoms with Gasteiger partial charge in [0.05, 0.1) is 24.1 Å². The van der Waals surface area contributed by atoms with Crippen LogP contribution in [0, 0.1) is 6.92 Å². The zero-order valence-corrected chi connectivity index (χ0v) is 12.5. The van der Waals surface area contributed by atoms with Crippen LogP contribution in [-0.2, 0) is 6.54 Å². The monoisotopic (exact) mass is 305 g/mol. The van der Waals surface area contributed by atoms with Gasteiger partial charge in [-0.1, -0.05) is 0 Å². The quantitative estimate of drug-likeness (QED) is 0.923. The summed E-state index contributed by atoms with van der Waals surface area (Å²) in [5.41, 5.74) is 1.71. The molecule has 0 radical (unpaired) electrons. The molecule has 2 aromatic rings. The molecule has 0 aliphatic carbocycles. The smallest absolute Gasteiger partial charge is 0.231 e. The fourth-order valence-corrected chi connectivity index (χ4v) is 2.31. The molecular formula is C13H16ClN7. The number of aryl methyl sites for hydroxylation is 1. The lowest BCUT2D eigenvalue weighted by Crippen LogP contribution is -2.21. The van der Waals surface area contributed by atoms with Crippen molar-refractivity contribution in [1.29, 1.82) is 0 Å². The third-order valence-corrected chi connectivity index (χ3v) is 3.42. The van der Waals surface area contributed by atoms with Crippen molar-refractivity contribution in [1.82, 2.24) is 24.9 Å². The van der Waals surface area contributed by atoms with E-state index in [2.05, 4.69) is 35.1 Å². The van der Waals surface area contributed by atoms with Crippen LogP contribution in [0.15, 0.2) is 12.4 Å². The molecule has 8 heteroatoms. The summed E-state index contributed by atoms with van der Waals surface area (Å²) >= 11 is 5.97. The lowest BCUT2D eigenvalue weighted by atomic mass is 10.4. The van der Waals surface area contributed by atoms with E-state index in [-0.39, 0.29) is 5.28 Å². The molecule has 0 aromatic carbocycles. The molecule has 0 unspecified atom stereocenters. The van der Waals surface area contributed by atoms with Gasteiger partial charge in [-0.3, -0.25) is 9.97 Å². The maximum Gasteiger partial charge on any atom is 0.231 e. The summed E-state index contributed by atoms with van der Waals surface area (Å²) < 4.78 is 0. The van der Waals surface area contributed by atoms with E-state index in [9.17, 15) is 0 Å². The first-order valence-electron chi connectivity index (χ1n) is 6.88. The van der Waals surface area contributed by atoms with Crippen LogP contribution in [-0.4, -0.2) is 38.0 Å². The molecule has 1 N–H and O–H groups in total. The Hall–Kier alpha value is -2.02. The normalized spacial score (nSPS) is 14.5. The van der Waals surface area contributed by atoms with E-state index in [0.717, 1.165) is 37.3 Å². The minimum absolute atomic E-state index is 0.199. The molecule has 0 atom stereocenters. The summed E-state index contributed by atoms with van der Waals surface area (Å²) in [6.45, 7) is 4.32. The molecule has 1 aliphatic heterocycles. The van der Waals surface area contributed by atoms with Gasteiger partial charge < -0.3 is 10.2 Å². The summed E-state index contributed by atoms with van der Waals surface area (Å²) in [4.78, 5) is 23.3. The summed E-state index contributed by atoms with van der Waals surface area (Å²) in [6, 6.07) is 0. The van der Waals surface area contributed by atoms with Crippen LogP contribution in [0.25, 0.3) is 0 Å². The van der Waals surface area contributed by atoms with E-state index in [1.165, 1.54) is 0 Å². The van der Waals surface area contributed by atoms with Gasteiger partial charge in [0, 0.05) is 19.3 Å². The van der Waals surface area contributed by atoms with Crippen molar-refractivity contribution in [2.24, 2.45) is 0 Å². The van der Waals surface area contributed by atoms with Crippen molar-refractivity contribution < 1.29 is 0 Å². The lowest BCUT2D eigenvalue weighted by molar-refractivity contribution is 0.872. The number of aromatic nitrogens is 5. The molecule has 0 bridgehead atoms. The highest BCUT2D eigenvalue weighted by Crippen LogP contribution is 2.18. The second-order valence-electron chi connectivity index (χ2n) is 4.92. The summed E-state index contributed by atoms with van der Waals surface area (Å²) in [6.07, 6.45) is 5.77. The second kappa shape index (κ2) is 6.17. The molecule has 1 fully saturated rings. The fourth-order valence-electron chi connectivity index (χ4n) is 2.16. The van der Waals surface area contributed by atoms with Gasteiger partial charge in [-0.05, 0) is 31.4 Å². The Morgan fingerprint density at radius 1 is 1.14 bits per heavy atom. The van der Waals surface area contributed by atoms with Crippen molar-refractivity contribution in [2.45, 2.75) is 26.3 Å². The van der Waals surface area contributed by atoms with Crippen molar-refractivity contribution in [3.63, 3.8) is 0 Å². The number of rotatable bonds is 4. The molecule has 0 spiro atoms. The molecule has 3 heterocycles. The van der Waals surface area contributed by atoms with Gasteiger partial charge in [0.25, 0.3) is 0 Å². The Kier molecular flexibility index (Phi) is 4.10. The molecule has 1 aliphatic rings. The average molecular weight is 306 g/mol. The summed E-state index contributed by atoms with van der Waals surface area (Å²) in [5, 5.41) is 3.31. The first-order valence-corrected chi connectivity index (χ1v) is 7.26. The standard InChI is InChI=1S/C13H16ClN7/c1-9-6-16-10(7-15-9)8-17-12-18-11(14)19-13(20-12)21-4-2-3-5-21/h6-7H,2-5,8H2,1H3,(H,17,18,19,20). The first-order chi connectivity index (χ1) is 10.2. The molecule has 110 valence electrons. The van der Waals surface area contributed by atoms with E-state index < -0.39 is 0 Å². The molecule has 0 saturated carbocycles. The fraction of sp³-hybridized carbons (Fsp3) is 0.462. The largest absolute Gasteiger partial charge is 0.348 e. The molecule has 3 rings (SSSR count). The third kappa shape index (κ3) is 3.55. The Labute approximate surface area is 127 Å². The maximum atomic E-state index is 5.97. The SMILES string of the molecule is Cc1cnc(CNc2nc(Cl)nc(N3CCCC3)n2)cn1. The van der Waals surface area contributed by atoms with Crippen molar-refractivity contribution in [2.75, 3.05) is 23.3 Å². The summed E-state index contributed by atoms with van der Waals surface area (Å²) in [7, 11) is 0. The van der Waals surface area contributed by atoms with E-state index in [4.69, 9.17) is 11.6 Å². The highest BCUT2D eigenvalue weighted by atomic mass is 35.5.